The molecule has 0 aromatic rings. The van der Waals surface area contributed by atoms with E-state index in [0.29, 0.717) is 0 Å². The molecule has 3 nitrogen and oxygen atoms in total. The monoisotopic (exact) mass is 262 g/mol. The predicted octanol–water partition coefficient (Wildman–Crippen LogP) is 4.00. The van der Waals surface area contributed by atoms with Crippen LogP contribution in [0.25, 0.3) is 0 Å². The molecule has 0 spiro atoms. The zero-order chi connectivity index (χ0) is 13.5. The highest BCUT2D eigenvalue weighted by Gasteiger charge is 2.39. The minimum absolute atomic E-state index is 0.194. The van der Waals surface area contributed by atoms with Crippen molar-refractivity contribution in [3.63, 3.8) is 0 Å². The second kappa shape index (κ2) is 8.24. The van der Waals surface area contributed by atoms with Crippen LogP contribution in [0.4, 0.5) is 0 Å². The van der Waals surface area contributed by atoms with E-state index >= 15 is 0 Å². The molecule has 0 bridgehead atoms. The number of hydrogen-bond donors (Lipinski definition) is 0. The van der Waals surface area contributed by atoms with Gasteiger partial charge in [0.1, 0.15) is 0 Å². The topological polar surface area (TPSA) is 27.7 Å². The Morgan fingerprint density at radius 3 is 1.12 bits per heavy atom. The molecule has 0 aliphatic heterocycles. The van der Waals surface area contributed by atoms with Crippen LogP contribution in [0.15, 0.2) is 0 Å². The van der Waals surface area contributed by atoms with E-state index in [0.717, 1.165) is 19.3 Å². The van der Waals surface area contributed by atoms with Gasteiger partial charge in [-0.3, -0.25) is 0 Å². The molecule has 3 atom stereocenters. The van der Waals surface area contributed by atoms with Crippen molar-refractivity contribution in [3.05, 3.63) is 0 Å². The van der Waals surface area contributed by atoms with Crippen molar-refractivity contribution >= 4 is 8.80 Å². The molecule has 0 rings (SSSR count). The molecule has 0 aliphatic rings. The van der Waals surface area contributed by atoms with Gasteiger partial charge in [-0.1, -0.05) is 20.8 Å². The van der Waals surface area contributed by atoms with Crippen LogP contribution in [-0.2, 0) is 13.3 Å². The summed E-state index contributed by atoms with van der Waals surface area (Å²) in [5.41, 5.74) is 0. The van der Waals surface area contributed by atoms with E-state index in [2.05, 4.69) is 41.5 Å². The Morgan fingerprint density at radius 1 is 0.706 bits per heavy atom. The molecule has 17 heavy (non-hydrogen) atoms. The van der Waals surface area contributed by atoms with Gasteiger partial charge < -0.3 is 13.3 Å². The third-order valence-electron chi connectivity index (χ3n) is 2.97. The minimum atomic E-state index is -2.50. The average Bonchev–Trinajstić information content (AvgIpc) is 2.27. The van der Waals surface area contributed by atoms with Gasteiger partial charge in [-0.05, 0) is 40.0 Å². The Morgan fingerprint density at radius 2 is 0.941 bits per heavy atom. The summed E-state index contributed by atoms with van der Waals surface area (Å²) in [6, 6.07) is 0. The van der Waals surface area contributed by atoms with Crippen molar-refractivity contribution in [2.75, 3.05) is 0 Å². The van der Waals surface area contributed by atoms with Crippen LogP contribution in [0.3, 0.4) is 0 Å². The highest BCUT2D eigenvalue weighted by Crippen LogP contribution is 2.20. The molecule has 0 amide bonds. The standard InChI is InChI=1S/C13H30O3Si/c1-8-11(4)14-17(7,15-12(5)9-2)16-13(6)10-3/h11-13H,8-10H2,1-7H3. The second-order valence-electron chi connectivity index (χ2n) is 4.87. The normalized spacial score (nSPS) is 20.6. The van der Waals surface area contributed by atoms with E-state index in [4.69, 9.17) is 13.3 Å². The molecule has 0 heterocycles. The van der Waals surface area contributed by atoms with Crippen LogP contribution in [0.1, 0.15) is 60.8 Å². The largest absolute Gasteiger partial charge is 0.498 e. The van der Waals surface area contributed by atoms with Crippen LogP contribution >= 0.6 is 0 Å². The minimum Gasteiger partial charge on any atom is -0.371 e. The predicted molar refractivity (Wildman–Crippen MR) is 74.1 cm³/mol. The van der Waals surface area contributed by atoms with Crippen LogP contribution in [0.5, 0.6) is 0 Å². The quantitative estimate of drug-likeness (QED) is 0.588. The van der Waals surface area contributed by atoms with Gasteiger partial charge in [-0.2, -0.15) is 0 Å². The van der Waals surface area contributed by atoms with Gasteiger partial charge in [-0.15, -0.1) is 0 Å². The van der Waals surface area contributed by atoms with E-state index in [1.165, 1.54) is 0 Å². The molecule has 0 aromatic heterocycles. The fourth-order valence-electron chi connectivity index (χ4n) is 1.43. The summed E-state index contributed by atoms with van der Waals surface area (Å²) in [6.07, 6.45) is 3.53. The maximum Gasteiger partial charge on any atom is 0.498 e. The van der Waals surface area contributed by atoms with Crippen LogP contribution in [-0.4, -0.2) is 27.1 Å². The lowest BCUT2D eigenvalue weighted by molar-refractivity contribution is -0.00543. The Kier molecular flexibility index (Phi) is 8.29. The lowest BCUT2D eigenvalue weighted by Crippen LogP contribution is -2.48. The Labute approximate surface area is 108 Å². The lowest BCUT2D eigenvalue weighted by atomic mass is 10.3. The molecule has 0 saturated heterocycles. The summed E-state index contributed by atoms with van der Waals surface area (Å²) < 4.78 is 18.1. The molecular formula is C13H30O3Si. The summed E-state index contributed by atoms with van der Waals surface area (Å²) in [4.78, 5) is 0. The van der Waals surface area contributed by atoms with Gasteiger partial charge in [0, 0.05) is 24.9 Å². The van der Waals surface area contributed by atoms with Crippen LogP contribution < -0.4 is 0 Å². The SMILES string of the molecule is CCC(C)O[Si](C)(OC(C)CC)OC(C)CC. The summed E-state index contributed by atoms with van der Waals surface area (Å²) in [5, 5.41) is 0. The summed E-state index contributed by atoms with van der Waals surface area (Å²) in [6.45, 7) is 14.6. The molecule has 0 fully saturated rings. The molecule has 0 radical (unpaired) electrons. The zero-order valence-corrected chi connectivity index (χ0v) is 13.6. The smallest absolute Gasteiger partial charge is 0.371 e. The van der Waals surface area contributed by atoms with Gasteiger partial charge >= 0.3 is 8.80 Å². The van der Waals surface area contributed by atoms with Crippen molar-refractivity contribution in [2.24, 2.45) is 0 Å². The van der Waals surface area contributed by atoms with E-state index in [9.17, 15) is 0 Å². The molecule has 3 unspecified atom stereocenters. The highest BCUT2D eigenvalue weighted by atomic mass is 28.4. The molecule has 0 aromatic carbocycles. The van der Waals surface area contributed by atoms with Crippen LogP contribution in [0.2, 0.25) is 6.55 Å². The first kappa shape index (κ1) is 17.1. The summed E-state index contributed by atoms with van der Waals surface area (Å²) >= 11 is 0. The Balaban J connectivity index is 4.55. The molecule has 0 aliphatic carbocycles. The van der Waals surface area contributed by atoms with E-state index in [1.807, 2.05) is 6.55 Å². The third kappa shape index (κ3) is 7.19. The van der Waals surface area contributed by atoms with E-state index in [1.54, 1.807) is 0 Å². The van der Waals surface area contributed by atoms with Gasteiger partial charge in [0.25, 0.3) is 0 Å². The molecule has 0 N–H and O–H groups in total. The third-order valence-corrected chi connectivity index (χ3v) is 5.46. The fraction of sp³-hybridized carbons (Fsp3) is 1.00. The summed E-state index contributed by atoms with van der Waals surface area (Å²) in [5.74, 6) is 0. The first-order valence-electron chi connectivity index (χ1n) is 6.90. The highest BCUT2D eigenvalue weighted by molar-refractivity contribution is 6.59. The lowest BCUT2D eigenvalue weighted by Gasteiger charge is -2.33. The molecular weight excluding hydrogens is 232 g/mol. The second-order valence-corrected chi connectivity index (χ2v) is 7.30. The first-order chi connectivity index (χ1) is 7.86. The first-order valence-corrected chi connectivity index (χ1v) is 9.12. The van der Waals surface area contributed by atoms with Crippen molar-refractivity contribution in [3.8, 4) is 0 Å². The van der Waals surface area contributed by atoms with Gasteiger partial charge in [0.2, 0.25) is 0 Å². The van der Waals surface area contributed by atoms with Crippen molar-refractivity contribution in [2.45, 2.75) is 85.7 Å². The number of hydrogen-bond acceptors (Lipinski definition) is 3. The molecule has 104 valence electrons. The summed E-state index contributed by atoms with van der Waals surface area (Å²) in [7, 11) is -2.50. The average molecular weight is 262 g/mol. The zero-order valence-electron chi connectivity index (χ0n) is 12.6. The van der Waals surface area contributed by atoms with Crippen molar-refractivity contribution in [1.82, 2.24) is 0 Å². The van der Waals surface area contributed by atoms with Crippen molar-refractivity contribution in [1.29, 1.82) is 0 Å². The maximum atomic E-state index is 6.03. The van der Waals surface area contributed by atoms with Gasteiger partial charge in [-0.25, -0.2) is 0 Å². The Hall–Kier alpha value is 0.0969. The fourth-order valence-corrected chi connectivity index (χ4v) is 4.29. The van der Waals surface area contributed by atoms with Crippen LogP contribution in [0, 0.1) is 0 Å². The van der Waals surface area contributed by atoms with Gasteiger partial charge in [0.15, 0.2) is 0 Å². The maximum absolute atomic E-state index is 6.03. The Bertz CT molecular complexity index is 168. The number of rotatable bonds is 9. The van der Waals surface area contributed by atoms with E-state index < -0.39 is 8.80 Å². The van der Waals surface area contributed by atoms with Crippen molar-refractivity contribution < 1.29 is 13.3 Å². The van der Waals surface area contributed by atoms with Gasteiger partial charge in [0.05, 0.1) is 0 Å². The van der Waals surface area contributed by atoms with E-state index in [-0.39, 0.29) is 18.3 Å². The molecule has 0 saturated carbocycles. The molecule has 4 heteroatoms.